The number of thioether (sulfide) groups is 1. The molecule has 2 bridgehead atoms. The number of aliphatic hydroxyl groups excluding tert-OH is 1. The van der Waals surface area contributed by atoms with Gasteiger partial charge in [0, 0.05) is 43.7 Å². The highest BCUT2D eigenvalue weighted by Crippen LogP contribution is 2.69. The molecule has 7 nitrogen and oxygen atoms in total. The number of rotatable bonds is 12. The first-order chi connectivity index (χ1) is 18.7. The quantitative estimate of drug-likeness (QED) is 0.396. The highest BCUT2D eigenvalue weighted by molar-refractivity contribution is 8.02. The molecule has 39 heavy (non-hydrogen) atoms. The topological polar surface area (TPSA) is 81.2 Å². The van der Waals surface area contributed by atoms with E-state index in [1.165, 1.54) is 0 Å². The van der Waals surface area contributed by atoms with Gasteiger partial charge in [0.2, 0.25) is 11.8 Å². The van der Waals surface area contributed by atoms with E-state index in [0.717, 1.165) is 29.7 Å². The standard InChI is InChI=1S/C31H43N3O4S/c1-7-13-32(14-8-2)28(36)25-24-19-22(6)31(39-24)26(25)29(37)34(16-10-17-35)27(31)30(38)33(15-9-3)23-18-20(4)11-12-21(23)5/h7,9,11-12,18,22,24-27,35H,1,3,8,10,13-17,19H2,2,4-6H3/t22?,24-,25+,26+,27?,31?/m1/s1. The largest absolute Gasteiger partial charge is 0.396 e. The van der Waals surface area contributed by atoms with E-state index in [-0.39, 0.29) is 42.0 Å². The molecule has 8 heteroatoms. The van der Waals surface area contributed by atoms with Gasteiger partial charge in [0.1, 0.15) is 6.04 Å². The van der Waals surface area contributed by atoms with Gasteiger partial charge < -0.3 is 19.8 Å². The van der Waals surface area contributed by atoms with E-state index in [1.807, 2.05) is 43.9 Å². The van der Waals surface area contributed by atoms with Crippen molar-refractivity contribution in [3.05, 3.63) is 54.6 Å². The molecule has 0 aromatic heterocycles. The molecule has 4 rings (SSSR count). The van der Waals surface area contributed by atoms with Crippen molar-refractivity contribution in [2.24, 2.45) is 17.8 Å². The zero-order chi connectivity index (χ0) is 28.5. The Balaban J connectivity index is 1.81. The van der Waals surface area contributed by atoms with Crippen molar-refractivity contribution in [3.63, 3.8) is 0 Å². The molecule has 1 aromatic rings. The van der Waals surface area contributed by atoms with Crippen molar-refractivity contribution in [2.75, 3.05) is 37.7 Å². The van der Waals surface area contributed by atoms with Gasteiger partial charge >= 0.3 is 0 Å². The molecule has 1 aromatic carbocycles. The Bertz CT molecular complexity index is 1140. The molecular weight excluding hydrogens is 510 g/mol. The minimum atomic E-state index is -0.719. The zero-order valence-corrected chi connectivity index (χ0v) is 24.6. The number of benzene rings is 1. The van der Waals surface area contributed by atoms with Gasteiger partial charge in [0.25, 0.3) is 5.91 Å². The normalized spacial score (nSPS) is 28.9. The second kappa shape index (κ2) is 11.9. The van der Waals surface area contributed by atoms with Crippen LogP contribution in [0.4, 0.5) is 5.69 Å². The summed E-state index contributed by atoms with van der Waals surface area (Å²) in [5, 5.41) is 9.66. The van der Waals surface area contributed by atoms with Crippen LogP contribution in [0.15, 0.2) is 43.5 Å². The lowest BCUT2D eigenvalue weighted by atomic mass is 9.65. The summed E-state index contributed by atoms with van der Waals surface area (Å²) in [6.07, 6.45) is 5.45. The van der Waals surface area contributed by atoms with Gasteiger partial charge in [-0.1, -0.05) is 38.1 Å². The van der Waals surface area contributed by atoms with Gasteiger partial charge in [-0.15, -0.1) is 24.9 Å². The third-order valence-corrected chi connectivity index (χ3v) is 10.8. The van der Waals surface area contributed by atoms with Crippen LogP contribution in [0.2, 0.25) is 0 Å². The van der Waals surface area contributed by atoms with Crippen LogP contribution in [-0.4, -0.2) is 81.5 Å². The van der Waals surface area contributed by atoms with Gasteiger partial charge in [-0.3, -0.25) is 14.4 Å². The Morgan fingerprint density at radius 2 is 1.92 bits per heavy atom. The summed E-state index contributed by atoms with van der Waals surface area (Å²) in [6.45, 7) is 17.5. The number of hydrogen-bond acceptors (Lipinski definition) is 5. The van der Waals surface area contributed by atoms with Crippen LogP contribution in [0.5, 0.6) is 0 Å². The summed E-state index contributed by atoms with van der Waals surface area (Å²) >= 11 is 1.69. The Morgan fingerprint density at radius 1 is 1.21 bits per heavy atom. The Morgan fingerprint density at radius 3 is 2.56 bits per heavy atom. The fourth-order valence-corrected chi connectivity index (χ4v) is 9.49. The van der Waals surface area contributed by atoms with Crippen molar-refractivity contribution in [1.29, 1.82) is 0 Å². The van der Waals surface area contributed by atoms with E-state index in [1.54, 1.807) is 33.7 Å². The number of amides is 3. The van der Waals surface area contributed by atoms with E-state index >= 15 is 0 Å². The summed E-state index contributed by atoms with van der Waals surface area (Å²) in [7, 11) is 0. The van der Waals surface area contributed by atoms with E-state index in [9.17, 15) is 19.5 Å². The second-order valence-corrected chi connectivity index (χ2v) is 12.8. The molecule has 1 spiro atoms. The number of anilines is 1. The van der Waals surface area contributed by atoms with Crippen LogP contribution >= 0.6 is 11.8 Å². The number of aryl methyl sites for hydroxylation is 2. The highest BCUT2D eigenvalue weighted by Gasteiger charge is 2.76. The molecule has 1 N–H and O–H groups in total. The molecule has 0 radical (unpaired) electrons. The molecule has 3 saturated heterocycles. The number of hydrogen-bond donors (Lipinski definition) is 1. The number of likely N-dealkylation sites (tertiary alicyclic amines) is 1. The lowest BCUT2D eigenvalue weighted by Crippen LogP contribution is -2.58. The maximum Gasteiger partial charge on any atom is 0.251 e. The van der Waals surface area contributed by atoms with Crippen LogP contribution in [0, 0.1) is 31.6 Å². The number of fused-ring (bicyclic) bond motifs is 1. The predicted octanol–water partition coefficient (Wildman–Crippen LogP) is 3.97. The maximum absolute atomic E-state index is 14.7. The van der Waals surface area contributed by atoms with E-state index in [0.29, 0.717) is 26.1 Å². The van der Waals surface area contributed by atoms with E-state index < -0.39 is 22.6 Å². The van der Waals surface area contributed by atoms with Crippen LogP contribution in [0.1, 0.15) is 44.2 Å². The summed E-state index contributed by atoms with van der Waals surface area (Å²) in [5.74, 6) is -1.22. The lowest BCUT2D eigenvalue weighted by molar-refractivity contribution is -0.144. The third-order valence-electron chi connectivity index (χ3n) is 8.71. The Hall–Kier alpha value is -2.58. The monoisotopic (exact) mass is 553 g/mol. The van der Waals surface area contributed by atoms with Crippen LogP contribution in [0.25, 0.3) is 0 Å². The number of nitrogens with zero attached hydrogens (tertiary/aromatic N) is 3. The molecular formula is C31H43N3O4S. The molecule has 3 amide bonds. The average molecular weight is 554 g/mol. The molecule has 0 aliphatic carbocycles. The minimum Gasteiger partial charge on any atom is -0.396 e. The fourth-order valence-electron chi connectivity index (χ4n) is 7.08. The fraction of sp³-hybridized carbons (Fsp3) is 0.581. The molecule has 212 valence electrons. The number of carbonyl (C=O) groups excluding carboxylic acids is 3. The van der Waals surface area contributed by atoms with Gasteiger partial charge in [0.15, 0.2) is 0 Å². The van der Waals surface area contributed by atoms with Crippen LogP contribution in [-0.2, 0) is 14.4 Å². The van der Waals surface area contributed by atoms with Crippen molar-refractivity contribution in [2.45, 2.75) is 63.0 Å². The molecule has 0 saturated carbocycles. The SMILES string of the molecule is C=CCN(CCC)C(=O)[C@@H]1[C@H]2C(=O)N(CCCO)C(C(=O)N(CC=C)c3cc(C)ccc3C)C23S[C@@H]1CC3C. The molecule has 6 atom stereocenters. The van der Waals surface area contributed by atoms with E-state index in [4.69, 9.17) is 0 Å². The molecule has 3 heterocycles. The third kappa shape index (κ3) is 4.84. The maximum atomic E-state index is 14.7. The summed E-state index contributed by atoms with van der Waals surface area (Å²) in [6, 6.07) is 5.32. The van der Waals surface area contributed by atoms with Crippen molar-refractivity contribution >= 4 is 35.2 Å². The van der Waals surface area contributed by atoms with Gasteiger partial charge in [-0.2, -0.15) is 0 Å². The van der Waals surface area contributed by atoms with Gasteiger partial charge in [0.05, 0.1) is 16.6 Å². The number of carbonyl (C=O) groups is 3. The van der Waals surface area contributed by atoms with Crippen LogP contribution in [0.3, 0.4) is 0 Å². The first kappa shape index (κ1) is 29.4. The highest BCUT2D eigenvalue weighted by atomic mass is 32.2. The second-order valence-electron chi connectivity index (χ2n) is 11.3. The number of aliphatic hydroxyl groups is 1. The summed E-state index contributed by atoms with van der Waals surface area (Å²) < 4.78 is -0.697. The van der Waals surface area contributed by atoms with Gasteiger partial charge in [-0.05, 0) is 56.2 Å². The molecule has 3 unspecified atom stereocenters. The first-order valence-electron chi connectivity index (χ1n) is 14.2. The Kier molecular flexibility index (Phi) is 8.96. The van der Waals surface area contributed by atoms with Gasteiger partial charge in [-0.25, -0.2) is 0 Å². The lowest BCUT2D eigenvalue weighted by Gasteiger charge is -2.41. The molecule has 3 aliphatic heterocycles. The van der Waals surface area contributed by atoms with Crippen molar-refractivity contribution < 1.29 is 19.5 Å². The Labute approximate surface area is 237 Å². The van der Waals surface area contributed by atoms with E-state index in [2.05, 4.69) is 20.1 Å². The first-order valence-corrected chi connectivity index (χ1v) is 15.0. The molecule has 3 fully saturated rings. The van der Waals surface area contributed by atoms with Crippen LogP contribution < -0.4 is 4.90 Å². The van der Waals surface area contributed by atoms with Crippen molar-refractivity contribution in [3.8, 4) is 0 Å². The van der Waals surface area contributed by atoms with Crippen molar-refractivity contribution in [1.82, 2.24) is 9.80 Å². The average Bonchev–Trinajstić information content (AvgIpc) is 3.50. The summed E-state index contributed by atoms with van der Waals surface area (Å²) in [5.41, 5.74) is 2.83. The molecule has 3 aliphatic rings. The summed E-state index contributed by atoms with van der Waals surface area (Å²) in [4.78, 5) is 48.2. The minimum absolute atomic E-state index is 0.00512. The zero-order valence-electron chi connectivity index (χ0n) is 23.8. The predicted molar refractivity (Wildman–Crippen MR) is 158 cm³/mol. The smallest absolute Gasteiger partial charge is 0.251 e.